The van der Waals surface area contributed by atoms with Crippen molar-refractivity contribution in [2.45, 2.75) is 78.1 Å². The maximum absolute atomic E-state index is 13.6. The number of ether oxygens (including phenoxy) is 2. The van der Waals surface area contributed by atoms with Crippen LogP contribution in [0.4, 0.5) is 4.79 Å². The molecule has 0 fully saturated rings. The van der Waals surface area contributed by atoms with Crippen molar-refractivity contribution in [3.8, 4) is 5.75 Å². The van der Waals surface area contributed by atoms with Crippen LogP contribution in [0.1, 0.15) is 66.0 Å². The fourth-order valence-electron chi connectivity index (χ4n) is 3.36. The number of nitrogens with zero attached hydrogens (tertiary/aromatic N) is 1. The largest absolute Gasteiger partial charge is 0.508 e. The summed E-state index contributed by atoms with van der Waals surface area (Å²) in [5.74, 6) is -1.92. The van der Waals surface area contributed by atoms with E-state index in [1.165, 1.54) is 23.1 Å². The first kappa shape index (κ1) is 30.7. The van der Waals surface area contributed by atoms with Crippen molar-refractivity contribution in [3.63, 3.8) is 0 Å². The number of phenols is 1. The number of nitrogens with one attached hydrogen (secondary N) is 2. The number of carbonyl (C=O) groups is 4. The SMILES string of the molecule is CCOC(=O)CCNC(=O)C(c1cccc(O)c1)N(C(=O)C(CO)NC(=O)OC(C)(C)C)C(C)CC. The Bertz CT molecular complexity index is 900. The van der Waals surface area contributed by atoms with Crippen molar-refractivity contribution in [2.75, 3.05) is 19.8 Å². The molecule has 3 amide bonds. The quantitative estimate of drug-likeness (QED) is 0.312. The third kappa shape index (κ3) is 9.73. The summed E-state index contributed by atoms with van der Waals surface area (Å²) in [5, 5.41) is 25.0. The molecule has 3 unspecified atom stereocenters. The van der Waals surface area contributed by atoms with Crippen LogP contribution >= 0.6 is 0 Å². The van der Waals surface area contributed by atoms with Gasteiger partial charge in [-0.3, -0.25) is 14.4 Å². The highest BCUT2D eigenvalue weighted by molar-refractivity contribution is 5.92. The molecule has 202 valence electrons. The van der Waals surface area contributed by atoms with Crippen molar-refractivity contribution < 1.29 is 38.9 Å². The van der Waals surface area contributed by atoms with E-state index in [2.05, 4.69) is 10.6 Å². The lowest BCUT2D eigenvalue weighted by atomic mass is 9.99. The van der Waals surface area contributed by atoms with Gasteiger partial charge in [0, 0.05) is 12.6 Å². The van der Waals surface area contributed by atoms with Gasteiger partial charge in [-0.25, -0.2) is 4.79 Å². The second kappa shape index (κ2) is 14.3. The molecule has 1 aromatic carbocycles. The van der Waals surface area contributed by atoms with Crippen LogP contribution < -0.4 is 10.6 Å². The van der Waals surface area contributed by atoms with Crippen LogP contribution in [-0.4, -0.2) is 76.4 Å². The molecule has 3 atom stereocenters. The minimum atomic E-state index is -1.39. The lowest BCUT2D eigenvalue weighted by Gasteiger charge is -2.38. The van der Waals surface area contributed by atoms with Crippen LogP contribution in [0, 0.1) is 0 Å². The van der Waals surface area contributed by atoms with E-state index in [1.807, 2.05) is 6.92 Å². The lowest BCUT2D eigenvalue weighted by molar-refractivity contribution is -0.146. The first-order chi connectivity index (χ1) is 16.8. The molecule has 0 radical (unpaired) electrons. The zero-order valence-electron chi connectivity index (χ0n) is 21.9. The van der Waals surface area contributed by atoms with E-state index in [-0.39, 0.29) is 25.3 Å². The summed E-state index contributed by atoms with van der Waals surface area (Å²) in [6, 6.07) is 2.77. The van der Waals surface area contributed by atoms with Crippen LogP contribution in [0.2, 0.25) is 0 Å². The number of aromatic hydroxyl groups is 1. The normalized spacial score (nSPS) is 13.6. The van der Waals surface area contributed by atoms with Crippen LogP contribution in [0.25, 0.3) is 0 Å². The molecular weight excluding hydrogens is 470 g/mol. The van der Waals surface area contributed by atoms with E-state index in [9.17, 15) is 29.4 Å². The van der Waals surface area contributed by atoms with E-state index in [1.54, 1.807) is 40.7 Å². The Morgan fingerprint density at radius 1 is 1.14 bits per heavy atom. The number of carbonyl (C=O) groups excluding carboxylic acids is 4. The minimum Gasteiger partial charge on any atom is -0.508 e. The molecule has 0 aliphatic carbocycles. The van der Waals surface area contributed by atoms with Crippen molar-refractivity contribution in [1.29, 1.82) is 0 Å². The first-order valence-electron chi connectivity index (χ1n) is 12.0. The van der Waals surface area contributed by atoms with Gasteiger partial charge in [0.2, 0.25) is 11.8 Å². The Kier molecular flexibility index (Phi) is 12.2. The Hall–Kier alpha value is -3.34. The second-order valence-corrected chi connectivity index (χ2v) is 9.23. The molecule has 0 aliphatic rings. The monoisotopic (exact) mass is 509 g/mol. The molecule has 0 aliphatic heterocycles. The van der Waals surface area contributed by atoms with E-state index in [0.29, 0.717) is 12.0 Å². The molecule has 0 bridgehead atoms. The third-order valence-corrected chi connectivity index (χ3v) is 5.14. The Morgan fingerprint density at radius 3 is 2.33 bits per heavy atom. The fourth-order valence-corrected chi connectivity index (χ4v) is 3.36. The van der Waals surface area contributed by atoms with Gasteiger partial charge in [0.25, 0.3) is 0 Å². The molecule has 0 spiro atoms. The van der Waals surface area contributed by atoms with Gasteiger partial charge in [-0.2, -0.15) is 0 Å². The molecule has 0 saturated carbocycles. The number of hydrogen-bond acceptors (Lipinski definition) is 8. The summed E-state index contributed by atoms with van der Waals surface area (Å²) in [4.78, 5) is 52.2. The summed E-state index contributed by atoms with van der Waals surface area (Å²) in [7, 11) is 0. The van der Waals surface area contributed by atoms with Crippen LogP contribution in [0.15, 0.2) is 24.3 Å². The minimum absolute atomic E-state index is 0.0326. The number of aliphatic hydroxyl groups excluding tert-OH is 1. The average Bonchev–Trinajstić information content (AvgIpc) is 2.78. The zero-order chi connectivity index (χ0) is 27.5. The lowest BCUT2D eigenvalue weighted by Crippen LogP contribution is -2.56. The Labute approximate surface area is 212 Å². The number of alkyl carbamates (subject to hydrolysis) is 1. The summed E-state index contributed by atoms with van der Waals surface area (Å²) >= 11 is 0. The van der Waals surface area contributed by atoms with E-state index >= 15 is 0 Å². The molecule has 0 saturated heterocycles. The maximum atomic E-state index is 13.6. The van der Waals surface area contributed by atoms with Gasteiger partial charge in [-0.05, 0) is 58.7 Å². The number of hydrogen-bond donors (Lipinski definition) is 4. The van der Waals surface area contributed by atoms with Gasteiger partial charge in [-0.15, -0.1) is 0 Å². The van der Waals surface area contributed by atoms with Gasteiger partial charge in [0.1, 0.15) is 23.4 Å². The molecule has 11 nitrogen and oxygen atoms in total. The van der Waals surface area contributed by atoms with Crippen molar-refractivity contribution in [3.05, 3.63) is 29.8 Å². The summed E-state index contributed by atoms with van der Waals surface area (Å²) in [6.07, 6.45) is -0.517. The molecule has 1 aromatic rings. The van der Waals surface area contributed by atoms with E-state index < -0.39 is 54.2 Å². The van der Waals surface area contributed by atoms with Crippen LogP contribution in [0.5, 0.6) is 5.75 Å². The molecule has 0 aromatic heterocycles. The summed E-state index contributed by atoms with van der Waals surface area (Å²) < 4.78 is 10.1. The second-order valence-electron chi connectivity index (χ2n) is 9.23. The molecule has 11 heteroatoms. The van der Waals surface area contributed by atoms with Gasteiger partial charge in [-0.1, -0.05) is 19.1 Å². The Morgan fingerprint density at radius 2 is 1.81 bits per heavy atom. The smallest absolute Gasteiger partial charge is 0.408 e. The molecule has 1 rings (SSSR count). The number of benzene rings is 1. The fraction of sp³-hybridized carbons (Fsp3) is 0.600. The summed E-state index contributed by atoms with van der Waals surface area (Å²) in [5.41, 5.74) is -0.516. The van der Waals surface area contributed by atoms with Crippen molar-refractivity contribution in [2.24, 2.45) is 0 Å². The highest BCUT2D eigenvalue weighted by atomic mass is 16.6. The number of aliphatic hydroxyl groups is 1. The standard InChI is InChI=1S/C25H39N3O8/c1-7-16(3)28(23(33)19(15-29)27-24(34)36-25(4,5)6)21(17-10-9-11-18(30)14-17)22(32)26-13-12-20(31)35-8-2/h9-11,14,16,19,21,29-30H,7-8,12-13,15H2,1-6H3,(H,26,32)(H,27,34). The number of esters is 1. The topological polar surface area (TPSA) is 154 Å². The number of rotatable bonds is 12. The van der Waals surface area contributed by atoms with Crippen molar-refractivity contribution in [1.82, 2.24) is 15.5 Å². The zero-order valence-corrected chi connectivity index (χ0v) is 21.9. The average molecular weight is 510 g/mol. The van der Waals surface area contributed by atoms with Crippen LogP contribution in [0.3, 0.4) is 0 Å². The van der Waals surface area contributed by atoms with E-state index in [4.69, 9.17) is 9.47 Å². The maximum Gasteiger partial charge on any atom is 0.408 e. The molecule has 36 heavy (non-hydrogen) atoms. The molecule has 4 N–H and O–H groups in total. The number of phenolic OH excluding ortho intramolecular Hbond substituents is 1. The van der Waals surface area contributed by atoms with Gasteiger partial charge >= 0.3 is 12.1 Å². The summed E-state index contributed by atoms with van der Waals surface area (Å²) in [6.45, 7) is 9.64. The predicted molar refractivity (Wildman–Crippen MR) is 132 cm³/mol. The highest BCUT2D eigenvalue weighted by Crippen LogP contribution is 2.28. The third-order valence-electron chi connectivity index (χ3n) is 5.14. The van der Waals surface area contributed by atoms with Gasteiger partial charge in [0.05, 0.1) is 19.6 Å². The van der Waals surface area contributed by atoms with Crippen molar-refractivity contribution >= 4 is 23.9 Å². The number of amides is 3. The van der Waals surface area contributed by atoms with Gasteiger partial charge in [0.15, 0.2) is 0 Å². The Balaban J connectivity index is 3.33. The van der Waals surface area contributed by atoms with Gasteiger partial charge < -0.3 is 35.2 Å². The highest BCUT2D eigenvalue weighted by Gasteiger charge is 2.38. The molecule has 0 heterocycles. The van der Waals surface area contributed by atoms with E-state index in [0.717, 1.165) is 0 Å². The first-order valence-corrected chi connectivity index (χ1v) is 12.0. The molecular formula is C25H39N3O8. The predicted octanol–water partition coefficient (Wildman–Crippen LogP) is 2.02. The van der Waals surface area contributed by atoms with Crippen LogP contribution in [-0.2, 0) is 23.9 Å².